The van der Waals surface area contributed by atoms with Crippen molar-refractivity contribution in [2.24, 2.45) is 7.05 Å². The third kappa shape index (κ3) is 6.62. The summed E-state index contributed by atoms with van der Waals surface area (Å²) in [5.74, 6) is 0.692. The van der Waals surface area contributed by atoms with Crippen LogP contribution in [0.5, 0.6) is 5.75 Å². The number of aryl methyl sites for hydroxylation is 2. The van der Waals surface area contributed by atoms with Crippen LogP contribution in [0.1, 0.15) is 48.4 Å². The van der Waals surface area contributed by atoms with Crippen LogP contribution in [0.2, 0.25) is 0 Å². The molecule has 2 heterocycles. The van der Waals surface area contributed by atoms with Crippen molar-refractivity contribution in [3.8, 4) is 16.9 Å². The molecule has 1 aliphatic rings. The third-order valence-corrected chi connectivity index (χ3v) is 7.06. The first-order chi connectivity index (χ1) is 17.5. The molecule has 0 radical (unpaired) electrons. The van der Waals surface area contributed by atoms with E-state index in [1.807, 2.05) is 43.8 Å². The molecular formula is C30H40N5O2W-. The molecule has 8 heteroatoms. The summed E-state index contributed by atoms with van der Waals surface area (Å²) in [4.78, 5) is 17.0. The number of ether oxygens (including phenoxy) is 1. The van der Waals surface area contributed by atoms with E-state index in [-0.39, 0.29) is 39.1 Å². The molecule has 3 aromatic rings. The van der Waals surface area contributed by atoms with Crippen molar-refractivity contribution in [3.05, 3.63) is 70.8 Å². The molecule has 1 amide bonds. The van der Waals surface area contributed by atoms with Crippen LogP contribution in [0.15, 0.2) is 48.7 Å². The Morgan fingerprint density at radius 2 is 1.79 bits per heavy atom. The van der Waals surface area contributed by atoms with Crippen molar-refractivity contribution < 1.29 is 30.6 Å². The quantitative estimate of drug-likeness (QED) is 0.316. The van der Waals surface area contributed by atoms with Gasteiger partial charge in [0.1, 0.15) is 11.4 Å². The number of carbonyl (C=O) groups excluding carboxylic acids is 1. The van der Waals surface area contributed by atoms with Crippen LogP contribution in [-0.4, -0.2) is 61.8 Å². The van der Waals surface area contributed by atoms with Crippen LogP contribution in [-0.2, 0) is 28.1 Å². The predicted octanol–water partition coefficient (Wildman–Crippen LogP) is 5.66. The fourth-order valence-electron chi connectivity index (χ4n) is 4.66. The second-order valence-corrected chi connectivity index (χ2v) is 10.6. The molecule has 1 N–H and O–H groups in total. The first-order valence-corrected chi connectivity index (χ1v) is 13.0. The third-order valence-electron chi connectivity index (χ3n) is 7.06. The Kier molecular flexibility index (Phi) is 9.72. The zero-order valence-electron chi connectivity index (χ0n) is 23.8. The van der Waals surface area contributed by atoms with Gasteiger partial charge in [0, 0.05) is 71.7 Å². The van der Waals surface area contributed by atoms with Crippen molar-refractivity contribution in [1.29, 1.82) is 0 Å². The van der Waals surface area contributed by atoms with Crippen molar-refractivity contribution in [1.82, 2.24) is 14.8 Å². The van der Waals surface area contributed by atoms with Gasteiger partial charge in [-0.3, -0.25) is 4.79 Å². The van der Waals surface area contributed by atoms with Crippen molar-refractivity contribution >= 4 is 17.3 Å². The summed E-state index contributed by atoms with van der Waals surface area (Å²) >= 11 is 0. The zero-order valence-corrected chi connectivity index (χ0v) is 26.7. The van der Waals surface area contributed by atoms with Crippen LogP contribution in [0.25, 0.3) is 16.4 Å². The average molecular weight is 687 g/mol. The van der Waals surface area contributed by atoms with Gasteiger partial charge in [-0.15, -0.1) is 5.69 Å². The second kappa shape index (κ2) is 12.4. The molecule has 0 aliphatic carbocycles. The van der Waals surface area contributed by atoms with E-state index in [1.165, 1.54) is 5.69 Å². The van der Waals surface area contributed by atoms with Crippen molar-refractivity contribution in [2.75, 3.05) is 39.1 Å². The molecule has 1 fully saturated rings. The SMILES string of the molecule is CNC(=O)c1cc(-c2cc(OC(C)C)cc(C(C)[N-]c3cc(N4CC(N(C)C)C4)ccc3C)c2)cn1C.[W]. The molecule has 1 saturated heterocycles. The summed E-state index contributed by atoms with van der Waals surface area (Å²) in [6.07, 6.45) is 2.03. The number of benzene rings is 2. The number of carbonyl (C=O) groups is 1. The van der Waals surface area contributed by atoms with Gasteiger partial charge in [0.05, 0.1) is 6.10 Å². The number of hydrogen-bond acceptors (Lipinski definition) is 4. The van der Waals surface area contributed by atoms with E-state index in [0.717, 1.165) is 46.8 Å². The largest absolute Gasteiger partial charge is 0.678 e. The maximum atomic E-state index is 12.3. The Morgan fingerprint density at radius 1 is 1.08 bits per heavy atom. The van der Waals surface area contributed by atoms with Gasteiger partial charge in [-0.1, -0.05) is 42.3 Å². The number of nitrogens with zero attached hydrogens (tertiary/aromatic N) is 4. The smallest absolute Gasteiger partial charge is 0.267 e. The summed E-state index contributed by atoms with van der Waals surface area (Å²) in [5.41, 5.74) is 7.04. The molecule has 1 atom stereocenters. The van der Waals surface area contributed by atoms with Crippen LogP contribution in [0.3, 0.4) is 0 Å². The average Bonchev–Trinajstić information content (AvgIpc) is 3.20. The summed E-state index contributed by atoms with van der Waals surface area (Å²) in [6.45, 7) is 10.4. The molecule has 1 aliphatic heterocycles. The molecule has 0 saturated carbocycles. The van der Waals surface area contributed by atoms with Gasteiger partial charge in [-0.05, 0) is 64.7 Å². The minimum absolute atomic E-state index is 0. The number of aromatic nitrogens is 1. The van der Waals surface area contributed by atoms with Crippen LogP contribution in [0.4, 0.5) is 11.4 Å². The summed E-state index contributed by atoms with van der Waals surface area (Å²) in [7, 11) is 7.81. The van der Waals surface area contributed by atoms with Gasteiger partial charge in [-0.25, -0.2) is 0 Å². The molecule has 1 aromatic heterocycles. The Balaban J connectivity index is 0.00000400. The second-order valence-electron chi connectivity index (χ2n) is 10.6. The van der Waals surface area contributed by atoms with Gasteiger partial charge in [0.25, 0.3) is 5.91 Å². The summed E-state index contributed by atoms with van der Waals surface area (Å²) in [5, 5.41) is 7.85. The Bertz CT molecular complexity index is 1260. The Labute approximate surface area is 241 Å². The first kappa shape index (κ1) is 29.8. The fraction of sp³-hybridized carbons (Fsp3) is 0.433. The molecule has 1 unspecified atom stereocenters. The number of rotatable bonds is 9. The maximum Gasteiger partial charge on any atom is 0.267 e. The normalized spacial score (nSPS) is 14.2. The van der Waals surface area contributed by atoms with E-state index >= 15 is 0 Å². The van der Waals surface area contributed by atoms with Gasteiger partial charge < -0.3 is 29.7 Å². The van der Waals surface area contributed by atoms with Gasteiger partial charge in [-0.2, -0.15) is 0 Å². The number of anilines is 1. The molecule has 4 rings (SSSR count). The predicted molar refractivity (Wildman–Crippen MR) is 152 cm³/mol. The molecule has 0 spiro atoms. The van der Waals surface area contributed by atoms with E-state index in [1.54, 1.807) is 7.05 Å². The van der Waals surface area contributed by atoms with E-state index in [9.17, 15) is 4.79 Å². The Morgan fingerprint density at radius 3 is 2.42 bits per heavy atom. The van der Waals surface area contributed by atoms with E-state index in [0.29, 0.717) is 11.7 Å². The van der Waals surface area contributed by atoms with Crippen molar-refractivity contribution in [3.63, 3.8) is 0 Å². The summed E-state index contributed by atoms with van der Waals surface area (Å²) in [6, 6.07) is 15.3. The minimum Gasteiger partial charge on any atom is -0.678 e. The molecule has 7 nitrogen and oxygen atoms in total. The van der Waals surface area contributed by atoms with Crippen LogP contribution >= 0.6 is 0 Å². The maximum absolute atomic E-state index is 12.3. The molecule has 204 valence electrons. The minimum atomic E-state index is -0.110. The fourth-order valence-corrected chi connectivity index (χ4v) is 4.66. The summed E-state index contributed by atoms with van der Waals surface area (Å²) < 4.78 is 7.96. The number of amides is 1. The van der Waals surface area contributed by atoms with E-state index in [2.05, 4.69) is 73.4 Å². The topological polar surface area (TPSA) is 63.8 Å². The molecular weight excluding hydrogens is 646 g/mol. The van der Waals surface area contributed by atoms with Crippen molar-refractivity contribution in [2.45, 2.75) is 45.9 Å². The first-order valence-electron chi connectivity index (χ1n) is 13.0. The molecule has 38 heavy (non-hydrogen) atoms. The monoisotopic (exact) mass is 686 g/mol. The van der Waals surface area contributed by atoms with Gasteiger partial charge in [0.2, 0.25) is 0 Å². The van der Waals surface area contributed by atoms with Crippen LogP contribution in [0, 0.1) is 6.92 Å². The zero-order chi connectivity index (χ0) is 26.9. The molecule has 2 aromatic carbocycles. The Hall–Kier alpha value is -2.76. The van der Waals surface area contributed by atoms with Crippen LogP contribution < -0.4 is 15.0 Å². The number of nitrogens with one attached hydrogen (secondary N) is 1. The number of likely N-dealkylation sites (N-methyl/N-ethyl adjacent to an activating group) is 1. The van der Waals surface area contributed by atoms with Gasteiger partial charge >= 0.3 is 0 Å². The number of hydrogen-bond donors (Lipinski definition) is 1. The van der Waals surface area contributed by atoms with Gasteiger partial charge in [0.15, 0.2) is 0 Å². The standard InChI is InChI=1S/C30H40N5O2.W/c1-19(2)37-27-12-22(11-23(13-27)24-14-29(30(36)31-5)34(8)16-24)21(4)32-28-15-25(10-9-20(28)3)35-17-26(18-35)33(6)7;/h9-16,19,21,26H,17-18H2,1-8H3,(H,31,36);/q-1;. The van der Waals surface area contributed by atoms with E-state index < -0.39 is 0 Å². The van der Waals surface area contributed by atoms with E-state index in [4.69, 9.17) is 10.1 Å². The molecule has 0 bridgehead atoms.